The molecule has 37 heavy (non-hydrogen) atoms. The number of imidazole rings is 1. The van der Waals surface area contributed by atoms with Gasteiger partial charge in [-0.05, 0) is 37.1 Å². The number of carbonyl (C=O) groups excluding carboxylic acids is 1. The van der Waals surface area contributed by atoms with Crippen molar-refractivity contribution in [2.45, 2.75) is 31.8 Å². The summed E-state index contributed by atoms with van der Waals surface area (Å²) in [5.41, 5.74) is 5.95. The first-order chi connectivity index (χ1) is 17.8. The highest BCUT2D eigenvalue weighted by molar-refractivity contribution is 7.52. The van der Waals surface area contributed by atoms with Gasteiger partial charge in [-0.25, -0.2) is 9.55 Å². The molecule has 1 unspecified atom stereocenters. The minimum absolute atomic E-state index is 0.0239. The Bertz CT molecular complexity index is 1560. The van der Waals surface area contributed by atoms with E-state index in [0.29, 0.717) is 24.2 Å². The largest absolute Gasteiger partial charge is 0.468 e. The van der Waals surface area contributed by atoms with Crippen molar-refractivity contribution in [2.75, 3.05) is 19.5 Å². The fourth-order valence-corrected chi connectivity index (χ4v) is 6.02. The molecule has 1 fully saturated rings. The number of rotatable bonds is 9. The van der Waals surface area contributed by atoms with E-state index in [9.17, 15) is 14.2 Å². The first-order valence-electron chi connectivity index (χ1n) is 11.8. The number of aromatic amines is 1. The molecule has 0 radical (unpaired) electrons. The highest BCUT2D eigenvalue weighted by Crippen LogP contribution is 2.49. The summed E-state index contributed by atoms with van der Waals surface area (Å²) in [6, 6.07) is 12.1. The van der Waals surface area contributed by atoms with Gasteiger partial charge in [-0.15, -0.1) is 0 Å². The maximum absolute atomic E-state index is 13.8. The van der Waals surface area contributed by atoms with Crippen LogP contribution in [0.25, 0.3) is 21.9 Å². The lowest BCUT2D eigenvalue weighted by atomic mass is 9.81. The first kappa shape index (κ1) is 24.9. The zero-order chi connectivity index (χ0) is 26.2. The summed E-state index contributed by atoms with van der Waals surface area (Å²) in [6.07, 6.45) is 2.93. The van der Waals surface area contributed by atoms with E-state index >= 15 is 0 Å². The van der Waals surface area contributed by atoms with Crippen molar-refractivity contribution in [2.24, 2.45) is 5.92 Å². The van der Waals surface area contributed by atoms with Gasteiger partial charge in [-0.3, -0.25) is 19.1 Å². The molecule has 194 valence electrons. The van der Waals surface area contributed by atoms with Gasteiger partial charge < -0.3 is 19.6 Å². The van der Waals surface area contributed by atoms with Crippen LogP contribution in [0.5, 0.6) is 5.75 Å². The lowest BCUT2D eigenvalue weighted by Crippen LogP contribution is -2.36. The molecule has 0 spiro atoms. The molecular weight excluding hydrogens is 499 g/mol. The molecule has 0 saturated heterocycles. The van der Waals surface area contributed by atoms with E-state index in [1.165, 1.54) is 14.0 Å². The van der Waals surface area contributed by atoms with Gasteiger partial charge in [0, 0.05) is 11.4 Å². The van der Waals surface area contributed by atoms with Gasteiger partial charge in [0.25, 0.3) is 5.56 Å². The molecule has 1 aliphatic rings. The van der Waals surface area contributed by atoms with Crippen molar-refractivity contribution in [1.82, 2.24) is 24.6 Å². The first-order valence-corrected chi connectivity index (χ1v) is 13.3. The molecule has 0 amide bonds. The normalized spacial score (nSPS) is 19.7. The third kappa shape index (κ3) is 5.08. The number of methoxy groups -OCH3 is 1. The quantitative estimate of drug-likeness (QED) is 0.218. The minimum Gasteiger partial charge on any atom is -0.468 e. The molecule has 2 heterocycles. The van der Waals surface area contributed by atoms with Crippen molar-refractivity contribution < 1.29 is 23.1 Å². The van der Waals surface area contributed by atoms with E-state index in [1.807, 2.05) is 34.9 Å². The lowest BCUT2D eigenvalue weighted by molar-refractivity contribution is -0.142. The molecule has 5 rings (SSSR count). The molecule has 2 aromatic carbocycles. The van der Waals surface area contributed by atoms with Crippen molar-refractivity contribution in [3.8, 4) is 5.75 Å². The Morgan fingerprint density at radius 1 is 1.27 bits per heavy atom. The van der Waals surface area contributed by atoms with Gasteiger partial charge in [0.2, 0.25) is 5.95 Å². The number of anilines is 1. The lowest BCUT2D eigenvalue weighted by Gasteiger charge is -2.36. The SMILES string of the molecule is COC(=O)[C@H](C)NP(=O)(OC[C@H]1C[C@@H](n2cnc3c(=O)[nH]c(N)nc32)C1)Oc1cccc2ccccc12. The summed E-state index contributed by atoms with van der Waals surface area (Å²) in [5.74, 6) is -0.142. The number of aromatic nitrogens is 4. The van der Waals surface area contributed by atoms with Crippen LogP contribution >= 0.6 is 7.75 Å². The van der Waals surface area contributed by atoms with Gasteiger partial charge in [0.1, 0.15) is 11.8 Å². The van der Waals surface area contributed by atoms with Crippen LogP contribution < -0.4 is 20.9 Å². The molecule has 12 nitrogen and oxygen atoms in total. The Hall–Kier alpha value is -3.73. The van der Waals surface area contributed by atoms with Crippen LogP contribution in [0.3, 0.4) is 0 Å². The summed E-state index contributed by atoms with van der Waals surface area (Å²) in [4.78, 5) is 34.9. The summed E-state index contributed by atoms with van der Waals surface area (Å²) in [5, 5.41) is 4.37. The van der Waals surface area contributed by atoms with Crippen molar-refractivity contribution in [3.63, 3.8) is 0 Å². The summed E-state index contributed by atoms with van der Waals surface area (Å²) < 4.78 is 32.2. The predicted octanol–water partition coefficient (Wildman–Crippen LogP) is 3.16. The van der Waals surface area contributed by atoms with Crippen LogP contribution in [0.1, 0.15) is 25.8 Å². The van der Waals surface area contributed by atoms with E-state index in [-0.39, 0.29) is 30.0 Å². The highest BCUT2D eigenvalue weighted by atomic mass is 31.2. The van der Waals surface area contributed by atoms with Crippen molar-refractivity contribution in [1.29, 1.82) is 0 Å². The molecule has 1 aliphatic carbocycles. The summed E-state index contributed by atoms with van der Waals surface area (Å²) in [6.45, 7) is 1.65. The number of hydrogen-bond acceptors (Lipinski definition) is 9. The fourth-order valence-electron chi connectivity index (χ4n) is 4.44. The number of H-pyrrole nitrogens is 1. The number of fused-ring (bicyclic) bond motifs is 2. The Labute approximate surface area is 211 Å². The van der Waals surface area contributed by atoms with E-state index in [4.69, 9.17) is 19.5 Å². The number of benzene rings is 2. The third-order valence-corrected chi connectivity index (χ3v) is 8.04. The van der Waals surface area contributed by atoms with E-state index in [2.05, 4.69) is 20.0 Å². The zero-order valence-corrected chi connectivity index (χ0v) is 21.2. The third-order valence-electron chi connectivity index (χ3n) is 6.41. The zero-order valence-electron chi connectivity index (χ0n) is 20.3. The second kappa shape index (κ2) is 9.97. The number of esters is 1. The van der Waals surface area contributed by atoms with Crippen LogP contribution in [-0.2, 0) is 18.6 Å². The number of ether oxygens (including phenoxy) is 1. The molecule has 2 atom stereocenters. The van der Waals surface area contributed by atoms with Gasteiger partial charge >= 0.3 is 13.7 Å². The molecule has 4 aromatic rings. The monoisotopic (exact) mass is 526 g/mol. The molecular formula is C24H27N6O6P. The average molecular weight is 526 g/mol. The standard InChI is InChI=1S/C24H27N6O6P/c1-14(23(32)34-2)29-37(33,36-19-9-5-7-16-6-3-4-8-18(16)19)35-12-15-10-17(11-15)30-13-26-20-21(30)27-24(25)28-22(20)31/h3-9,13-15,17H,10-12H2,1-2H3,(H,29,33)(H3,25,27,28,31)/t14-,15-,17+,37?/m0/s1. The van der Waals surface area contributed by atoms with Crippen LogP contribution in [0.2, 0.25) is 0 Å². The van der Waals surface area contributed by atoms with Crippen LogP contribution in [0, 0.1) is 5.92 Å². The summed E-state index contributed by atoms with van der Waals surface area (Å²) in [7, 11) is -2.73. The predicted molar refractivity (Wildman–Crippen MR) is 137 cm³/mol. The van der Waals surface area contributed by atoms with E-state index in [1.54, 1.807) is 18.5 Å². The number of carbonyl (C=O) groups is 1. The minimum atomic E-state index is -3.98. The Kier molecular flexibility index (Phi) is 6.72. The van der Waals surface area contributed by atoms with E-state index in [0.717, 1.165) is 10.8 Å². The molecule has 13 heteroatoms. The van der Waals surface area contributed by atoms with Crippen molar-refractivity contribution >= 4 is 41.6 Å². The second-order valence-electron chi connectivity index (χ2n) is 9.00. The molecule has 1 saturated carbocycles. The smallest absolute Gasteiger partial charge is 0.459 e. The number of nitrogens with one attached hydrogen (secondary N) is 2. The maximum atomic E-state index is 13.8. The molecule has 0 aliphatic heterocycles. The van der Waals surface area contributed by atoms with Crippen molar-refractivity contribution in [3.05, 3.63) is 59.1 Å². The van der Waals surface area contributed by atoms with E-state index < -0.39 is 25.3 Å². The number of nitrogens with two attached hydrogens (primary N) is 1. The van der Waals surface area contributed by atoms with Crippen LogP contribution in [0.4, 0.5) is 5.95 Å². The topological polar surface area (TPSA) is 163 Å². The van der Waals surface area contributed by atoms with Gasteiger partial charge in [0.05, 0.1) is 20.0 Å². The molecule has 2 aromatic heterocycles. The Morgan fingerprint density at radius 2 is 2.03 bits per heavy atom. The Balaban J connectivity index is 1.30. The van der Waals surface area contributed by atoms with Gasteiger partial charge in [0.15, 0.2) is 11.2 Å². The molecule has 4 N–H and O–H groups in total. The Morgan fingerprint density at radius 3 is 2.81 bits per heavy atom. The second-order valence-corrected chi connectivity index (χ2v) is 10.7. The van der Waals surface area contributed by atoms with Gasteiger partial charge in [-0.2, -0.15) is 10.1 Å². The van der Waals surface area contributed by atoms with Crippen LogP contribution in [0.15, 0.2) is 53.6 Å². The number of nitrogens with zero attached hydrogens (tertiary/aromatic N) is 3. The fraction of sp³-hybridized carbons (Fsp3) is 0.333. The number of nitrogen functional groups attached to an aromatic ring is 1. The molecule has 0 bridgehead atoms. The summed E-state index contributed by atoms with van der Waals surface area (Å²) >= 11 is 0. The van der Waals surface area contributed by atoms with Crippen LogP contribution in [-0.4, -0.2) is 45.2 Å². The maximum Gasteiger partial charge on any atom is 0.459 e. The highest BCUT2D eigenvalue weighted by Gasteiger charge is 2.37. The van der Waals surface area contributed by atoms with Gasteiger partial charge in [-0.1, -0.05) is 36.4 Å². The number of hydrogen-bond donors (Lipinski definition) is 3. The average Bonchev–Trinajstić information content (AvgIpc) is 3.26.